The molecule has 6 rings (SSSR count). The number of carbonyl (C=O) groups is 2. The molecule has 0 unspecified atom stereocenters. The SMILES string of the molecule is C/C1=C/N=CCC=CC1.Cc1[nH]c(/C=C2\C(=O)Nc3ccc(-c4cscn4)cc32)c(C)c1C(=O)N1CCN(C)CC1. The van der Waals surface area contributed by atoms with Crippen LogP contribution in [0.5, 0.6) is 0 Å². The van der Waals surface area contributed by atoms with Gasteiger partial charge in [-0.2, -0.15) is 0 Å². The van der Waals surface area contributed by atoms with Gasteiger partial charge in [0.2, 0.25) is 0 Å². The highest BCUT2D eigenvalue weighted by molar-refractivity contribution is 7.07. The number of H-pyrrole nitrogens is 1. The number of aromatic nitrogens is 2. The number of allylic oxidation sites excluding steroid dienone is 3. The second-order valence-electron chi connectivity index (χ2n) is 10.6. The topological polar surface area (TPSA) is 93.7 Å². The number of likely N-dealkylation sites (N-methyl/N-ethyl adjacent to an activating group) is 1. The van der Waals surface area contributed by atoms with E-state index >= 15 is 0 Å². The molecule has 0 saturated carbocycles. The Kier molecular flexibility index (Phi) is 8.75. The summed E-state index contributed by atoms with van der Waals surface area (Å²) in [6.45, 7) is 9.16. The lowest BCUT2D eigenvalue weighted by molar-refractivity contribution is -0.110. The fourth-order valence-electron chi connectivity index (χ4n) is 5.12. The molecule has 212 valence electrons. The van der Waals surface area contributed by atoms with Crippen LogP contribution in [0.3, 0.4) is 0 Å². The molecule has 1 aromatic carbocycles. The van der Waals surface area contributed by atoms with E-state index in [1.165, 1.54) is 5.57 Å². The van der Waals surface area contributed by atoms with Crippen LogP contribution < -0.4 is 5.32 Å². The molecule has 2 aromatic heterocycles. The summed E-state index contributed by atoms with van der Waals surface area (Å²) in [6.07, 6.45) is 12.0. The zero-order valence-corrected chi connectivity index (χ0v) is 24.8. The van der Waals surface area contributed by atoms with Gasteiger partial charge < -0.3 is 20.1 Å². The third-order valence-corrected chi connectivity index (χ3v) is 8.13. The number of amides is 2. The first-order valence-electron chi connectivity index (χ1n) is 13.9. The lowest BCUT2D eigenvalue weighted by Crippen LogP contribution is -2.47. The van der Waals surface area contributed by atoms with E-state index in [0.717, 1.165) is 78.5 Å². The summed E-state index contributed by atoms with van der Waals surface area (Å²) < 4.78 is 0. The Labute approximate surface area is 245 Å². The monoisotopic (exact) mass is 568 g/mol. The number of carbonyl (C=O) groups excluding carboxylic acids is 2. The Balaban J connectivity index is 0.000000321. The van der Waals surface area contributed by atoms with E-state index in [4.69, 9.17) is 0 Å². The van der Waals surface area contributed by atoms with Gasteiger partial charge in [0.1, 0.15) is 0 Å². The van der Waals surface area contributed by atoms with Crippen LogP contribution in [0.25, 0.3) is 22.9 Å². The Bertz CT molecular complexity index is 1550. The number of nitrogens with one attached hydrogen (secondary N) is 2. The maximum atomic E-state index is 13.2. The number of hydrogen-bond acceptors (Lipinski definition) is 6. The zero-order valence-electron chi connectivity index (χ0n) is 24.0. The smallest absolute Gasteiger partial charge is 0.256 e. The molecule has 2 N–H and O–H groups in total. The Morgan fingerprint density at radius 1 is 1.10 bits per heavy atom. The van der Waals surface area contributed by atoms with Crippen molar-refractivity contribution in [1.29, 1.82) is 0 Å². The van der Waals surface area contributed by atoms with Gasteiger partial charge in [-0.3, -0.25) is 14.6 Å². The summed E-state index contributed by atoms with van der Waals surface area (Å²) in [4.78, 5) is 41.9. The maximum absolute atomic E-state index is 13.2. The van der Waals surface area contributed by atoms with E-state index in [-0.39, 0.29) is 11.8 Å². The number of piperazine rings is 1. The number of hydrogen-bond donors (Lipinski definition) is 2. The van der Waals surface area contributed by atoms with Crippen LogP contribution in [-0.4, -0.2) is 71.0 Å². The van der Waals surface area contributed by atoms with Crippen LogP contribution in [0.4, 0.5) is 5.69 Å². The quantitative estimate of drug-likeness (QED) is 0.302. The molecule has 0 atom stereocenters. The molecule has 1 saturated heterocycles. The molecule has 9 heteroatoms. The minimum atomic E-state index is -0.144. The lowest BCUT2D eigenvalue weighted by atomic mass is 10.0. The van der Waals surface area contributed by atoms with Crippen molar-refractivity contribution in [2.75, 3.05) is 38.5 Å². The van der Waals surface area contributed by atoms with Crippen molar-refractivity contribution >= 4 is 46.7 Å². The summed E-state index contributed by atoms with van der Waals surface area (Å²) >= 11 is 1.54. The highest BCUT2D eigenvalue weighted by Gasteiger charge is 2.28. The van der Waals surface area contributed by atoms with E-state index in [2.05, 4.69) is 51.3 Å². The lowest BCUT2D eigenvalue weighted by Gasteiger charge is -2.32. The van der Waals surface area contributed by atoms with Crippen molar-refractivity contribution in [3.63, 3.8) is 0 Å². The molecule has 41 heavy (non-hydrogen) atoms. The van der Waals surface area contributed by atoms with Crippen LogP contribution in [0.2, 0.25) is 0 Å². The third kappa shape index (κ3) is 6.47. The van der Waals surface area contributed by atoms with Crippen molar-refractivity contribution in [3.05, 3.63) is 81.1 Å². The van der Waals surface area contributed by atoms with Crippen LogP contribution in [0, 0.1) is 13.8 Å². The molecule has 5 heterocycles. The van der Waals surface area contributed by atoms with E-state index in [1.54, 1.807) is 16.8 Å². The van der Waals surface area contributed by atoms with Crippen LogP contribution in [0.1, 0.15) is 52.6 Å². The van der Waals surface area contributed by atoms with Crippen LogP contribution >= 0.6 is 11.3 Å². The number of rotatable bonds is 3. The highest BCUT2D eigenvalue weighted by Crippen LogP contribution is 2.37. The predicted molar refractivity (Wildman–Crippen MR) is 168 cm³/mol. The normalized spacial score (nSPS) is 19.1. The largest absolute Gasteiger partial charge is 0.358 e. The molecule has 3 aliphatic rings. The summed E-state index contributed by atoms with van der Waals surface area (Å²) in [6, 6.07) is 5.88. The first-order chi connectivity index (χ1) is 19.8. The van der Waals surface area contributed by atoms with Gasteiger partial charge in [-0.15, -0.1) is 11.3 Å². The van der Waals surface area contributed by atoms with Crippen molar-refractivity contribution in [1.82, 2.24) is 19.8 Å². The summed E-state index contributed by atoms with van der Waals surface area (Å²) in [5.41, 5.74) is 10.4. The number of aliphatic imine (C=N–C) groups is 1. The molecule has 3 aromatic rings. The molecule has 0 aliphatic carbocycles. The van der Waals surface area contributed by atoms with Gasteiger partial charge in [0.05, 0.1) is 22.3 Å². The molecule has 0 spiro atoms. The minimum Gasteiger partial charge on any atom is -0.358 e. The van der Waals surface area contributed by atoms with Crippen molar-refractivity contribution < 1.29 is 9.59 Å². The number of aromatic amines is 1. The van der Waals surface area contributed by atoms with Crippen molar-refractivity contribution in [3.8, 4) is 11.3 Å². The van der Waals surface area contributed by atoms with Gasteiger partial charge in [-0.25, -0.2) is 4.98 Å². The van der Waals surface area contributed by atoms with Crippen molar-refractivity contribution in [2.45, 2.75) is 33.6 Å². The molecule has 3 aliphatic heterocycles. The van der Waals surface area contributed by atoms with E-state index in [1.807, 2.05) is 60.8 Å². The van der Waals surface area contributed by atoms with Gasteiger partial charge in [0.15, 0.2) is 0 Å². The van der Waals surface area contributed by atoms with Gasteiger partial charge in [0.25, 0.3) is 11.8 Å². The average Bonchev–Trinajstić information content (AvgIpc) is 3.65. The minimum absolute atomic E-state index is 0.0519. The molecule has 8 nitrogen and oxygen atoms in total. The number of nitrogens with zero attached hydrogens (tertiary/aromatic N) is 4. The molecule has 0 bridgehead atoms. The maximum Gasteiger partial charge on any atom is 0.256 e. The van der Waals surface area contributed by atoms with Crippen LogP contribution in [0.15, 0.2) is 58.0 Å². The van der Waals surface area contributed by atoms with Crippen molar-refractivity contribution in [2.24, 2.45) is 4.99 Å². The standard InChI is InChI=1S/C24H25N5O2S.C8H11N/c1-14-20(26-15(2)22(14)24(31)29-8-6-28(3)7-9-29)11-18-17-10-16(21-12-32-13-25-21)4-5-19(17)27-23(18)30;1-8-5-3-2-4-6-9-7-8/h4-5,10-13,26H,6-9H2,1-3H3,(H,27,30);2-3,6-7H,4-5H2,1H3/b18-11-;3-2?,8-7-,9-6?. The Hall–Kier alpha value is -4.08. The highest BCUT2D eigenvalue weighted by atomic mass is 32.1. The molecular formula is C32H36N6O2S. The fourth-order valence-corrected chi connectivity index (χ4v) is 5.68. The van der Waals surface area contributed by atoms with Gasteiger partial charge in [-0.05, 0) is 58.0 Å². The first kappa shape index (κ1) is 28.4. The number of benzene rings is 1. The zero-order chi connectivity index (χ0) is 28.9. The first-order valence-corrected chi connectivity index (χ1v) is 14.8. The molecular weight excluding hydrogens is 532 g/mol. The Morgan fingerprint density at radius 2 is 1.90 bits per heavy atom. The van der Waals surface area contributed by atoms with Gasteiger partial charge in [0, 0.05) is 78.6 Å². The number of fused-ring (bicyclic) bond motifs is 1. The summed E-state index contributed by atoms with van der Waals surface area (Å²) in [5, 5.41) is 4.93. The number of aryl methyl sites for hydroxylation is 1. The predicted octanol–water partition coefficient (Wildman–Crippen LogP) is 5.95. The van der Waals surface area contributed by atoms with E-state index < -0.39 is 0 Å². The number of anilines is 1. The van der Waals surface area contributed by atoms with Crippen LogP contribution in [-0.2, 0) is 4.79 Å². The van der Waals surface area contributed by atoms with E-state index in [9.17, 15) is 9.59 Å². The molecule has 1 fully saturated rings. The Morgan fingerprint density at radius 3 is 2.66 bits per heavy atom. The third-order valence-electron chi connectivity index (χ3n) is 7.55. The second kappa shape index (κ2) is 12.6. The van der Waals surface area contributed by atoms with E-state index in [0.29, 0.717) is 11.1 Å². The second-order valence-corrected chi connectivity index (χ2v) is 11.3. The summed E-state index contributed by atoms with van der Waals surface area (Å²) in [7, 11) is 2.07. The average molecular weight is 569 g/mol. The number of thiazole rings is 1. The van der Waals surface area contributed by atoms with Gasteiger partial charge in [-0.1, -0.05) is 23.8 Å². The fraction of sp³-hybridized carbons (Fsp3) is 0.312. The summed E-state index contributed by atoms with van der Waals surface area (Å²) in [5.74, 6) is -0.0925. The van der Waals surface area contributed by atoms with Gasteiger partial charge >= 0.3 is 0 Å². The molecule has 2 amide bonds. The molecule has 0 radical (unpaired) electrons.